The van der Waals surface area contributed by atoms with Gasteiger partial charge in [-0.1, -0.05) is 11.6 Å². The van der Waals surface area contributed by atoms with E-state index in [-0.39, 0.29) is 5.82 Å². The Morgan fingerprint density at radius 2 is 2.33 bits per heavy atom. The predicted molar refractivity (Wildman–Crippen MR) is 63.0 cm³/mol. The van der Waals surface area contributed by atoms with E-state index in [0.29, 0.717) is 21.1 Å². The molecule has 0 amide bonds. The van der Waals surface area contributed by atoms with Crippen molar-refractivity contribution < 1.29 is 4.39 Å². The fourth-order valence-electron chi connectivity index (χ4n) is 1.26. The molecular weight excluding hydrogens is 284 g/mol. The second-order valence-corrected chi connectivity index (χ2v) is 4.29. The molecule has 0 aliphatic carbocycles. The molecule has 0 saturated carbocycles. The minimum absolute atomic E-state index is 0.318. The molecular formula is C9H8BrClFN3. The lowest BCUT2D eigenvalue weighted by Crippen LogP contribution is -2.26. The lowest BCUT2D eigenvalue weighted by atomic mass is 10.3. The summed E-state index contributed by atoms with van der Waals surface area (Å²) in [6.07, 6.45) is 0. The molecule has 1 aliphatic rings. The monoisotopic (exact) mass is 291 g/mol. The van der Waals surface area contributed by atoms with Crippen molar-refractivity contribution in [2.45, 2.75) is 0 Å². The first-order valence-corrected chi connectivity index (χ1v) is 5.54. The minimum atomic E-state index is -0.376. The highest BCUT2D eigenvalue weighted by molar-refractivity contribution is 9.10. The Morgan fingerprint density at radius 3 is 2.93 bits per heavy atom. The first-order valence-electron chi connectivity index (χ1n) is 4.37. The molecule has 15 heavy (non-hydrogen) atoms. The first kappa shape index (κ1) is 10.7. The third-order valence-corrected chi connectivity index (χ3v) is 2.85. The van der Waals surface area contributed by atoms with E-state index >= 15 is 0 Å². The lowest BCUT2D eigenvalue weighted by molar-refractivity contribution is 0.627. The van der Waals surface area contributed by atoms with Crippen molar-refractivity contribution >= 4 is 39.2 Å². The summed E-state index contributed by atoms with van der Waals surface area (Å²) in [5, 5.41) is 6.36. The van der Waals surface area contributed by atoms with E-state index in [9.17, 15) is 4.39 Å². The Bertz CT molecular complexity index is 399. The van der Waals surface area contributed by atoms with E-state index in [2.05, 4.69) is 31.6 Å². The molecule has 0 unspecified atom stereocenters. The fourth-order valence-corrected chi connectivity index (χ4v) is 2.16. The third-order valence-electron chi connectivity index (χ3n) is 1.92. The molecule has 1 heterocycles. The van der Waals surface area contributed by atoms with Crippen LogP contribution in [-0.4, -0.2) is 19.0 Å². The van der Waals surface area contributed by atoms with Gasteiger partial charge in [0.25, 0.3) is 0 Å². The van der Waals surface area contributed by atoms with Gasteiger partial charge in [0.2, 0.25) is 0 Å². The van der Waals surface area contributed by atoms with Crippen molar-refractivity contribution in [3.63, 3.8) is 0 Å². The van der Waals surface area contributed by atoms with Gasteiger partial charge >= 0.3 is 0 Å². The molecule has 0 fully saturated rings. The van der Waals surface area contributed by atoms with Crippen molar-refractivity contribution in [3.8, 4) is 0 Å². The molecule has 1 aliphatic heterocycles. The number of nitrogens with zero attached hydrogens (tertiary/aromatic N) is 1. The molecule has 1 aromatic rings. The predicted octanol–water partition coefficient (Wildman–Crippen LogP) is 2.61. The number of nitrogens with one attached hydrogen (secondary N) is 2. The summed E-state index contributed by atoms with van der Waals surface area (Å²) in [5.74, 6) is 0.281. The Kier molecular flexibility index (Phi) is 3.11. The van der Waals surface area contributed by atoms with E-state index < -0.39 is 0 Å². The number of guanidine groups is 1. The van der Waals surface area contributed by atoms with Crippen molar-refractivity contribution in [1.82, 2.24) is 5.32 Å². The van der Waals surface area contributed by atoms with Crippen LogP contribution in [-0.2, 0) is 0 Å². The Labute approximate surface area is 99.9 Å². The first-order chi connectivity index (χ1) is 7.16. The molecule has 0 radical (unpaired) electrons. The second kappa shape index (κ2) is 4.37. The second-order valence-electron chi connectivity index (χ2n) is 3.03. The van der Waals surface area contributed by atoms with Crippen LogP contribution in [0.5, 0.6) is 0 Å². The summed E-state index contributed by atoms with van der Waals surface area (Å²) in [5.41, 5.74) is 0.617. The molecule has 0 bridgehead atoms. The van der Waals surface area contributed by atoms with Crippen molar-refractivity contribution in [2.24, 2.45) is 4.99 Å². The van der Waals surface area contributed by atoms with Gasteiger partial charge < -0.3 is 10.6 Å². The SMILES string of the molecule is Fc1cc(Cl)c(NC2=NCCN2)c(Br)c1. The van der Waals surface area contributed by atoms with Crippen molar-refractivity contribution in [3.05, 3.63) is 27.4 Å². The lowest BCUT2D eigenvalue weighted by Gasteiger charge is -2.10. The van der Waals surface area contributed by atoms with Gasteiger partial charge in [0.1, 0.15) is 5.82 Å². The number of halogens is 3. The largest absolute Gasteiger partial charge is 0.354 e. The molecule has 0 aromatic heterocycles. The van der Waals surface area contributed by atoms with Crippen LogP contribution in [0.3, 0.4) is 0 Å². The molecule has 3 nitrogen and oxygen atoms in total. The van der Waals surface area contributed by atoms with Gasteiger partial charge in [-0.2, -0.15) is 0 Å². The molecule has 0 spiro atoms. The molecule has 2 rings (SSSR count). The fraction of sp³-hybridized carbons (Fsp3) is 0.222. The smallest absolute Gasteiger partial charge is 0.195 e. The molecule has 6 heteroatoms. The van der Waals surface area contributed by atoms with Gasteiger partial charge in [0.15, 0.2) is 5.96 Å². The summed E-state index contributed by atoms with van der Waals surface area (Å²) >= 11 is 9.13. The zero-order valence-corrected chi connectivity index (χ0v) is 9.99. The molecule has 2 N–H and O–H groups in total. The summed E-state index contributed by atoms with van der Waals surface area (Å²) in [6.45, 7) is 1.54. The standard InChI is InChI=1S/C9H8BrClFN3/c10-6-3-5(12)4-7(11)8(6)15-9-13-1-2-14-9/h3-4H,1-2H2,(H2,13,14,15). The maximum atomic E-state index is 12.9. The Balaban J connectivity index is 2.27. The van der Waals surface area contributed by atoms with Crippen LogP contribution < -0.4 is 10.6 Å². The van der Waals surface area contributed by atoms with Gasteiger partial charge in [-0.05, 0) is 28.1 Å². The van der Waals surface area contributed by atoms with Crippen LogP contribution in [0.15, 0.2) is 21.6 Å². The van der Waals surface area contributed by atoms with Gasteiger partial charge in [-0.25, -0.2) is 4.39 Å². The highest BCUT2D eigenvalue weighted by Crippen LogP contribution is 2.31. The maximum absolute atomic E-state index is 12.9. The van der Waals surface area contributed by atoms with Crippen LogP contribution in [0.1, 0.15) is 0 Å². The minimum Gasteiger partial charge on any atom is -0.354 e. The normalized spacial score (nSPS) is 14.7. The van der Waals surface area contributed by atoms with Crippen LogP contribution in [0, 0.1) is 5.82 Å². The Morgan fingerprint density at radius 1 is 1.53 bits per heavy atom. The van der Waals surface area contributed by atoms with Crippen LogP contribution in [0.25, 0.3) is 0 Å². The maximum Gasteiger partial charge on any atom is 0.195 e. The number of benzene rings is 1. The number of hydrogen-bond acceptors (Lipinski definition) is 3. The zero-order valence-electron chi connectivity index (χ0n) is 7.65. The molecule has 80 valence electrons. The van der Waals surface area contributed by atoms with Crippen molar-refractivity contribution in [2.75, 3.05) is 18.4 Å². The zero-order chi connectivity index (χ0) is 10.8. The number of aliphatic imine (C=N–C) groups is 1. The average molecular weight is 293 g/mol. The van der Waals surface area contributed by atoms with E-state index in [1.807, 2.05) is 0 Å². The summed E-state index contributed by atoms with van der Waals surface area (Å²) in [4.78, 5) is 4.16. The van der Waals surface area contributed by atoms with Crippen LogP contribution in [0.4, 0.5) is 10.1 Å². The Hall–Kier alpha value is -0.810. The topological polar surface area (TPSA) is 36.4 Å². The third kappa shape index (κ3) is 2.41. The average Bonchev–Trinajstić information content (AvgIpc) is 2.63. The highest BCUT2D eigenvalue weighted by atomic mass is 79.9. The highest BCUT2D eigenvalue weighted by Gasteiger charge is 2.11. The number of rotatable bonds is 1. The van der Waals surface area contributed by atoms with E-state index in [1.165, 1.54) is 12.1 Å². The van der Waals surface area contributed by atoms with Crippen LogP contribution >= 0.6 is 27.5 Å². The van der Waals surface area contributed by atoms with Gasteiger partial charge in [-0.3, -0.25) is 4.99 Å². The molecule has 0 atom stereocenters. The van der Waals surface area contributed by atoms with E-state index in [4.69, 9.17) is 11.6 Å². The summed E-state index contributed by atoms with van der Waals surface area (Å²) in [6, 6.07) is 2.61. The van der Waals surface area contributed by atoms with Crippen LogP contribution in [0.2, 0.25) is 5.02 Å². The van der Waals surface area contributed by atoms with Crippen molar-refractivity contribution in [1.29, 1.82) is 0 Å². The van der Waals surface area contributed by atoms with Gasteiger partial charge in [0, 0.05) is 11.0 Å². The number of hydrogen-bond donors (Lipinski definition) is 2. The molecule has 1 aromatic carbocycles. The quantitative estimate of drug-likeness (QED) is 0.835. The summed E-state index contributed by atoms with van der Waals surface area (Å²) < 4.78 is 13.5. The van der Waals surface area contributed by atoms with E-state index in [0.717, 1.165) is 13.1 Å². The van der Waals surface area contributed by atoms with Gasteiger partial charge in [0.05, 0.1) is 17.3 Å². The summed E-state index contributed by atoms with van der Waals surface area (Å²) in [7, 11) is 0. The van der Waals surface area contributed by atoms with E-state index in [1.54, 1.807) is 0 Å². The number of anilines is 1. The van der Waals surface area contributed by atoms with Gasteiger partial charge in [-0.15, -0.1) is 0 Å². The molecule has 0 saturated heterocycles.